The SMILES string of the molecule is CC(c1ccc(C(F)(F)F)cc1)N1CCN(Cc2ccccc2C#N)CC1. The van der Waals surface area contributed by atoms with E-state index in [1.807, 2.05) is 31.2 Å². The molecule has 2 aromatic rings. The van der Waals surface area contributed by atoms with Gasteiger partial charge >= 0.3 is 6.18 Å². The van der Waals surface area contributed by atoms with Crippen LogP contribution in [0.4, 0.5) is 13.2 Å². The number of alkyl halides is 3. The first-order valence-corrected chi connectivity index (χ1v) is 9.00. The van der Waals surface area contributed by atoms with E-state index in [2.05, 4.69) is 15.9 Å². The average molecular weight is 373 g/mol. The Morgan fingerprint density at radius 2 is 1.63 bits per heavy atom. The first-order chi connectivity index (χ1) is 12.9. The monoisotopic (exact) mass is 373 g/mol. The Hall–Kier alpha value is -2.36. The number of nitriles is 1. The highest BCUT2D eigenvalue weighted by Gasteiger charge is 2.30. The van der Waals surface area contributed by atoms with E-state index in [0.717, 1.165) is 56.0 Å². The predicted molar refractivity (Wildman–Crippen MR) is 97.9 cm³/mol. The molecule has 1 atom stereocenters. The lowest BCUT2D eigenvalue weighted by Crippen LogP contribution is -2.46. The second-order valence-electron chi connectivity index (χ2n) is 6.88. The van der Waals surface area contributed by atoms with Crippen LogP contribution in [-0.4, -0.2) is 36.0 Å². The van der Waals surface area contributed by atoms with E-state index in [9.17, 15) is 18.4 Å². The van der Waals surface area contributed by atoms with Crippen LogP contribution < -0.4 is 0 Å². The van der Waals surface area contributed by atoms with Gasteiger partial charge in [0.15, 0.2) is 0 Å². The second kappa shape index (κ2) is 8.12. The summed E-state index contributed by atoms with van der Waals surface area (Å²) >= 11 is 0. The maximum absolute atomic E-state index is 12.7. The van der Waals surface area contributed by atoms with Crippen molar-refractivity contribution in [3.63, 3.8) is 0 Å². The van der Waals surface area contributed by atoms with Gasteiger partial charge in [-0.15, -0.1) is 0 Å². The van der Waals surface area contributed by atoms with Crippen LogP contribution in [-0.2, 0) is 12.7 Å². The summed E-state index contributed by atoms with van der Waals surface area (Å²) in [6.07, 6.45) is -4.30. The number of halogens is 3. The lowest BCUT2D eigenvalue weighted by Gasteiger charge is -2.38. The molecule has 0 aromatic heterocycles. The molecule has 0 N–H and O–H groups in total. The molecule has 27 heavy (non-hydrogen) atoms. The van der Waals surface area contributed by atoms with Crippen molar-refractivity contribution in [2.24, 2.45) is 0 Å². The molecule has 1 fully saturated rings. The largest absolute Gasteiger partial charge is 0.416 e. The minimum atomic E-state index is -4.30. The number of hydrogen-bond donors (Lipinski definition) is 0. The van der Waals surface area contributed by atoms with Crippen molar-refractivity contribution in [3.8, 4) is 6.07 Å². The van der Waals surface area contributed by atoms with Crippen molar-refractivity contribution >= 4 is 0 Å². The van der Waals surface area contributed by atoms with Gasteiger partial charge in [0.2, 0.25) is 0 Å². The normalized spacial score (nSPS) is 17.4. The lowest BCUT2D eigenvalue weighted by molar-refractivity contribution is -0.137. The molecule has 0 spiro atoms. The summed E-state index contributed by atoms with van der Waals surface area (Å²) in [7, 11) is 0. The Labute approximate surface area is 157 Å². The van der Waals surface area contributed by atoms with Crippen LogP contribution in [0.1, 0.15) is 35.2 Å². The van der Waals surface area contributed by atoms with Gasteiger partial charge in [0.05, 0.1) is 17.2 Å². The Bertz CT molecular complexity index is 801. The average Bonchev–Trinajstić information content (AvgIpc) is 2.68. The zero-order valence-corrected chi connectivity index (χ0v) is 15.2. The van der Waals surface area contributed by atoms with Gasteiger partial charge in [-0.05, 0) is 36.2 Å². The van der Waals surface area contributed by atoms with Crippen molar-refractivity contribution in [3.05, 3.63) is 70.8 Å². The van der Waals surface area contributed by atoms with Gasteiger partial charge in [-0.3, -0.25) is 9.80 Å². The third-order valence-electron chi connectivity index (χ3n) is 5.21. The molecule has 1 heterocycles. The molecule has 0 aliphatic carbocycles. The maximum Gasteiger partial charge on any atom is 0.416 e. The number of benzene rings is 2. The molecule has 1 aliphatic rings. The fraction of sp³-hybridized carbons (Fsp3) is 0.381. The van der Waals surface area contributed by atoms with E-state index < -0.39 is 11.7 Å². The minimum absolute atomic E-state index is 0.0702. The Kier molecular flexibility index (Phi) is 5.83. The molecule has 0 saturated carbocycles. The van der Waals surface area contributed by atoms with Crippen LogP contribution in [0.3, 0.4) is 0 Å². The second-order valence-corrected chi connectivity index (χ2v) is 6.88. The summed E-state index contributed by atoms with van der Waals surface area (Å²) in [5, 5.41) is 9.21. The van der Waals surface area contributed by atoms with Crippen LogP contribution in [0.15, 0.2) is 48.5 Å². The highest BCUT2D eigenvalue weighted by atomic mass is 19.4. The zero-order chi connectivity index (χ0) is 19.4. The molecule has 0 amide bonds. The van der Waals surface area contributed by atoms with Crippen molar-refractivity contribution in [2.75, 3.05) is 26.2 Å². The van der Waals surface area contributed by atoms with E-state index in [1.54, 1.807) is 12.1 Å². The fourth-order valence-electron chi connectivity index (χ4n) is 3.48. The van der Waals surface area contributed by atoms with Crippen molar-refractivity contribution < 1.29 is 13.2 Å². The van der Waals surface area contributed by atoms with E-state index in [1.165, 1.54) is 0 Å². The summed E-state index contributed by atoms with van der Waals surface area (Å²) in [6, 6.07) is 15.4. The van der Waals surface area contributed by atoms with Crippen molar-refractivity contribution in [1.29, 1.82) is 5.26 Å². The topological polar surface area (TPSA) is 30.3 Å². The third kappa shape index (κ3) is 4.68. The third-order valence-corrected chi connectivity index (χ3v) is 5.21. The lowest BCUT2D eigenvalue weighted by atomic mass is 10.0. The number of hydrogen-bond acceptors (Lipinski definition) is 3. The molecule has 2 aromatic carbocycles. The van der Waals surface area contributed by atoms with E-state index >= 15 is 0 Å². The van der Waals surface area contributed by atoms with Crippen LogP contribution >= 0.6 is 0 Å². The molecule has 1 saturated heterocycles. The van der Waals surface area contributed by atoms with E-state index in [4.69, 9.17) is 0 Å². The van der Waals surface area contributed by atoms with E-state index in [0.29, 0.717) is 5.56 Å². The van der Waals surface area contributed by atoms with Gasteiger partial charge in [0.1, 0.15) is 0 Å². The molecule has 3 rings (SSSR count). The Balaban J connectivity index is 1.58. The highest BCUT2D eigenvalue weighted by Crippen LogP contribution is 2.31. The number of piperazine rings is 1. The van der Waals surface area contributed by atoms with Gasteiger partial charge in [-0.1, -0.05) is 30.3 Å². The summed E-state index contributed by atoms with van der Waals surface area (Å²) in [4.78, 5) is 4.60. The van der Waals surface area contributed by atoms with Gasteiger partial charge in [0.25, 0.3) is 0 Å². The van der Waals surface area contributed by atoms with Crippen LogP contribution in [0.5, 0.6) is 0 Å². The zero-order valence-electron chi connectivity index (χ0n) is 15.2. The molecule has 1 aliphatic heterocycles. The van der Waals surface area contributed by atoms with Crippen molar-refractivity contribution in [2.45, 2.75) is 25.7 Å². The highest BCUT2D eigenvalue weighted by molar-refractivity contribution is 5.37. The molecule has 142 valence electrons. The van der Waals surface area contributed by atoms with Gasteiger partial charge in [-0.25, -0.2) is 0 Å². The molecule has 0 bridgehead atoms. The summed E-state index contributed by atoms with van der Waals surface area (Å²) < 4.78 is 38.1. The van der Waals surface area contributed by atoms with Gasteiger partial charge < -0.3 is 0 Å². The summed E-state index contributed by atoms with van der Waals surface area (Å²) in [6.45, 7) is 6.19. The molecule has 6 heteroatoms. The Morgan fingerprint density at radius 1 is 1.00 bits per heavy atom. The number of nitrogens with zero attached hydrogens (tertiary/aromatic N) is 3. The molecule has 3 nitrogen and oxygen atoms in total. The first kappa shape index (κ1) is 19.4. The predicted octanol–water partition coefficient (Wildman–Crippen LogP) is 4.46. The summed E-state index contributed by atoms with van der Waals surface area (Å²) in [5.41, 5.74) is 2.02. The fourth-order valence-corrected chi connectivity index (χ4v) is 3.48. The Morgan fingerprint density at radius 3 is 2.22 bits per heavy atom. The first-order valence-electron chi connectivity index (χ1n) is 9.00. The van der Waals surface area contributed by atoms with E-state index in [-0.39, 0.29) is 6.04 Å². The van der Waals surface area contributed by atoms with Crippen LogP contribution in [0.2, 0.25) is 0 Å². The molecular weight excluding hydrogens is 351 g/mol. The minimum Gasteiger partial charge on any atom is -0.296 e. The van der Waals surface area contributed by atoms with Gasteiger partial charge in [-0.2, -0.15) is 18.4 Å². The number of rotatable bonds is 4. The quantitative estimate of drug-likeness (QED) is 0.793. The molecule has 1 unspecified atom stereocenters. The van der Waals surface area contributed by atoms with Crippen LogP contribution in [0, 0.1) is 11.3 Å². The van der Waals surface area contributed by atoms with Crippen molar-refractivity contribution in [1.82, 2.24) is 9.80 Å². The smallest absolute Gasteiger partial charge is 0.296 e. The molecular formula is C21H22F3N3. The van der Waals surface area contributed by atoms with Gasteiger partial charge in [0, 0.05) is 38.8 Å². The standard InChI is InChI=1S/C21H22F3N3/c1-16(17-6-8-20(9-7-17)21(22,23)24)27-12-10-26(11-13-27)15-19-5-3-2-4-18(19)14-25/h2-9,16H,10-13,15H2,1H3. The maximum atomic E-state index is 12.7. The van der Waals surface area contributed by atoms with Crippen LogP contribution in [0.25, 0.3) is 0 Å². The summed E-state index contributed by atoms with van der Waals surface area (Å²) in [5.74, 6) is 0. The molecule has 0 radical (unpaired) electrons.